The summed E-state index contributed by atoms with van der Waals surface area (Å²) in [5.41, 5.74) is 4.25. The van der Waals surface area contributed by atoms with Crippen LogP contribution in [0.1, 0.15) is 5.56 Å². The molecule has 0 radical (unpaired) electrons. The molecule has 0 bridgehead atoms. The van der Waals surface area contributed by atoms with E-state index in [1.165, 1.54) is 0 Å². The molecule has 4 nitrogen and oxygen atoms in total. The molecule has 1 aliphatic heterocycles. The van der Waals surface area contributed by atoms with E-state index in [0.717, 1.165) is 34.5 Å². The fraction of sp³-hybridized carbons (Fsp3) is 0.188. The molecule has 102 valence electrons. The van der Waals surface area contributed by atoms with Crippen molar-refractivity contribution in [2.45, 2.75) is 6.42 Å². The normalized spacial score (nSPS) is 13.8. The van der Waals surface area contributed by atoms with Crippen molar-refractivity contribution in [2.75, 3.05) is 19.0 Å². The molecule has 0 saturated carbocycles. The number of benzene rings is 2. The van der Waals surface area contributed by atoms with Gasteiger partial charge in [-0.25, -0.2) is 4.79 Å². The maximum absolute atomic E-state index is 11.4. The van der Waals surface area contributed by atoms with Gasteiger partial charge in [-0.15, -0.1) is 0 Å². The minimum absolute atomic E-state index is 0.141. The molecule has 1 aliphatic rings. The van der Waals surface area contributed by atoms with Crippen molar-refractivity contribution < 1.29 is 9.53 Å². The fourth-order valence-electron chi connectivity index (χ4n) is 2.38. The van der Waals surface area contributed by atoms with Crippen molar-refractivity contribution >= 4 is 11.7 Å². The van der Waals surface area contributed by atoms with Gasteiger partial charge in [0.1, 0.15) is 5.75 Å². The van der Waals surface area contributed by atoms with E-state index >= 15 is 0 Å². The third-order valence-corrected chi connectivity index (χ3v) is 3.44. The molecule has 0 saturated heterocycles. The number of amides is 2. The number of methoxy groups -OCH3 is 1. The second kappa shape index (κ2) is 5.25. The van der Waals surface area contributed by atoms with Crippen LogP contribution in [0.15, 0.2) is 42.5 Å². The van der Waals surface area contributed by atoms with Crippen LogP contribution in [-0.2, 0) is 6.42 Å². The zero-order valence-corrected chi connectivity index (χ0v) is 11.3. The number of rotatable bonds is 2. The number of carbonyl (C=O) groups excluding carboxylic acids is 1. The number of urea groups is 1. The second-order valence-corrected chi connectivity index (χ2v) is 4.73. The Morgan fingerprint density at radius 2 is 1.95 bits per heavy atom. The first-order valence-corrected chi connectivity index (χ1v) is 6.58. The lowest BCUT2D eigenvalue weighted by atomic mass is 10.00. The Labute approximate surface area is 117 Å². The number of ether oxygens (including phenoxy) is 1. The van der Waals surface area contributed by atoms with Gasteiger partial charge in [0.05, 0.1) is 7.11 Å². The highest BCUT2D eigenvalue weighted by Crippen LogP contribution is 2.28. The SMILES string of the molecule is COc1cccc(-c2ccc3c(c2)CCNC(=O)N3)c1. The summed E-state index contributed by atoms with van der Waals surface area (Å²) in [5, 5.41) is 5.65. The van der Waals surface area contributed by atoms with E-state index in [9.17, 15) is 4.79 Å². The smallest absolute Gasteiger partial charge is 0.319 e. The molecule has 2 N–H and O–H groups in total. The van der Waals surface area contributed by atoms with Crippen LogP contribution in [0.25, 0.3) is 11.1 Å². The Morgan fingerprint density at radius 1 is 1.10 bits per heavy atom. The van der Waals surface area contributed by atoms with Crippen LogP contribution in [0.3, 0.4) is 0 Å². The number of hydrogen-bond acceptors (Lipinski definition) is 2. The monoisotopic (exact) mass is 268 g/mol. The van der Waals surface area contributed by atoms with Crippen molar-refractivity contribution in [3.05, 3.63) is 48.0 Å². The van der Waals surface area contributed by atoms with Gasteiger partial charge < -0.3 is 15.4 Å². The minimum Gasteiger partial charge on any atom is -0.497 e. The third kappa shape index (κ3) is 2.45. The Hall–Kier alpha value is -2.49. The Bertz CT molecular complexity index is 653. The number of anilines is 1. The summed E-state index contributed by atoms with van der Waals surface area (Å²) >= 11 is 0. The fourth-order valence-corrected chi connectivity index (χ4v) is 2.38. The van der Waals surface area contributed by atoms with Crippen molar-refractivity contribution in [3.63, 3.8) is 0 Å². The van der Waals surface area contributed by atoms with Crippen molar-refractivity contribution in [1.29, 1.82) is 0 Å². The summed E-state index contributed by atoms with van der Waals surface area (Å²) in [7, 11) is 1.66. The molecule has 1 heterocycles. The van der Waals surface area contributed by atoms with Gasteiger partial charge in [0.25, 0.3) is 0 Å². The molecule has 0 aromatic heterocycles. The van der Waals surface area contributed by atoms with E-state index in [0.29, 0.717) is 6.54 Å². The molecular formula is C16H16N2O2. The standard InChI is InChI=1S/C16H16N2O2/c1-20-14-4-2-3-11(10-14)12-5-6-15-13(9-12)7-8-17-16(19)18-15/h2-6,9-10H,7-8H2,1H3,(H2,17,18,19). The van der Waals surface area contributed by atoms with Crippen LogP contribution in [0.2, 0.25) is 0 Å². The molecule has 3 rings (SSSR count). The summed E-state index contributed by atoms with van der Waals surface area (Å²) in [6, 6.07) is 13.9. The first kappa shape index (κ1) is 12.5. The quantitative estimate of drug-likeness (QED) is 0.879. The first-order chi connectivity index (χ1) is 9.76. The van der Waals surface area contributed by atoms with Gasteiger partial charge in [0.2, 0.25) is 0 Å². The molecule has 0 fully saturated rings. The predicted molar refractivity (Wildman–Crippen MR) is 79.2 cm³/mol. The maximum atomic E-state index is 11.4. The van der Waals surface area contributed by atoms with Crippen LogP contribution in [-0.4, -0.2) is 19.7 Å². The highest BCUT2D eigenvalue weighted by Gasteiger charge is 2.12. The molecule has 2 aromatic carbocycles. The Balaban J connectivity index is 1.99. The summed E-state index contributed by atoms with van der Waals surface area (Å²) < 4.78 is 5.26. The van der Waals surface area contributed by atoms with Gasteiger partial charge in [-0.05, 0) is 47.4 Å². The lowest BCUT2D eigenvalue weighted by Crippen LogP contribution is -2.27. The third-order valence-electron chi connectivity index (χ3n) is 3.44. The number of fused-ring (bicyclic) bond motifs is 1. The molecule has 2 amide bonds. The summed E-state index contributed by atoms with van der Waals surface area (Å²) in [6.07, 6.45) is 0.825. The van der Waals surface area contributed by atoms with Gasteiger partial charge in [-0.2, -0.15) is 0 Å². The van der Waals surface area contributed by atoms with Crippen LogP contribution < -0.4 is 15.4 Å². The Kier molecular flexibility index (Phi) is 3.29. The largest absolute Gasteiger partial charge is 0.497 e. The summed E-state index contributed by atoms with van der Waals surface area (Å²) in [6.45, 7) is 0.653. The van der Waals surface area contributed by atoms with Crippen molar-refractivity contribution in [2.24, 2.45) is 0 Å². The Morgan fingerprint density at radius 3 is 2.80 bits per heavy atom. The average Bonchev–Trinajstić information content (AvgIpc) is 2.67. The first-order valence-electron chi connectivity index (χ1n) is 6.58. The van der Waals surface area contributed by atoms with Crippen LogP contribution in [0.5, 0.6) is 5.75 Å². The van der Waals surface area contributed by atoms with E-state index in [2.05, 4.69) is 22.8 Å². The van der Waals surface area contributed by atoms with Crippen molar-refractivity contribution in [1.82, 2.24) is 5.32 Å². The topological polar surface area (TPSA) is 50.4 Å². The highest BCUT2D eigenvalue weighted by molar-refractivity contribution is 5.91. The minimum atomic E-state index is -0.141. The van der Waals surface area contributed by atoms with Crippen LogP contribution in [0, 0.1) is 0 Å². The molecule has 0 unspecified atom stereocenters. The zero-order chi connectivity index (χ0) is 13.9. The number of nitrogens with one attached hydrogen (secondary N) is 2. The second-order valence-electron chi connectivity index (χ2n) is 4.73. The lowest BCUT2D eigenvalue weighted by molar-refractivity contribution is 0.252. The van der Waals surface area contributed by atoms with E-state index in [-0.39, 0.29) is 6.03 Å². The van der Waals surface area contributed by atoms with E-state index in [4.69, 9.17) is 4.74 Å². The lowest BCUT2D eigenvalue weighted by Gasteiger charge is -2.10. The van der Waals surface area contributed by atoms with Gasteiger partial charge in [-0.3, -0.25) is 0 Å². The molecule has 20 heavy (non-hydrogen) atoms. The van der Waals surface area contributed by atoms with E-state index in [1.54, 1.807) is 7.11 Å². The molecule has 0 atom stereocenters. The molecule has 0 aliphatic carbocycles. The van der Waals surface area contributed by atoms with Gasteiger partial charge >= 0.3 is 6.03 Å². The summed E-state index contributed by atoms with van der Waals surface area (Å²) in [4.78, 5) is 11.4. The zero-order valence-electron chi connectivity index (χ0n) is 11.3. The van der Waals surface area contributed by atoms with Crippen LogP contribution >= 0.6 is 0 Å². The average molecular weight is 268 g/mol. The van der Waals surface area contributed by atoms with Crippen LogP contribution in [0.4, 0.5) is 10.5 Å². The van der Waals surface area contributed by atoms with Gasteiger partial charge in [0, 0.05) is 12.2 Å². The number of carbonyl (C=O) groups is 1. The molecular weight excluding hydrogens is 252 g/mol. The van der Waals surface area contributed by atoms with E-state index in [1.807, 2.05) is 30.3 Å². The van der Waals surface area contributed by atoms with Gasteiger partial charge in [0.15, 0.2) is 0 Å². The van der Waals surface area contributed by atoms with E-state index < -0.39 is 0 Å². The highest BCUT2D eigenvalue weighted by atomic mass is 16.5. The van der Waals surface area contributed by atoms with Crippen molar-refractivity contribution in [3.8, 4) is 16.9 Å². The molecule has 2 aromatic rings. The number of hydrogen-bond donors (Lipinski definition) is 2. The predicted octanol–water partition coefficient (Wildman–Crippen LogP) is 3.04. The van der Waals surface area contributed by atoms with Gasteiger partial charge in [-0.1, -0.05) is 18.2 Å². The molecule has 0 spiro atoms. The maximum Gasteiger partial charge on any atom is 0.319 e. The summed E-state index contributed by atoms with van der Waals surface area (Å²) in [5.74, 6) is 0.840. The molecule has 4 heteroatoms.